The van der Waals surface area contributed by atoms with E-state index in [9.17, 15) is 31.5 Å². The molecule has 2 atom stereocenters. The van der Waals surface area contributed by atoms with E-state index >= 15 is 0 Å². The van der Waals surface area contributed by atoms with Crippen LogP contribution in [0.2, 0.25) is 36.3 Å². The molecule has 0 radical (unpaired) electrons. The number of ether oxygens (including phenoxy) is 5. The minimum Gasteiger partial charge on any atom is -0.486 e. The molecule has 0 saturated carbocycles. The first-order valence-electron chi connectivity index (χ1n) is 22.4. The third kappa shape index (κ3) is 16.2. The lowest BCUT2D eigenvalue weighted by Gasteiger charge is -2.38. The highest BCUT2D eigenvalue weighted by Gasteiger charge is 2.40. The van der Waals surface area contributed by atoms with E-state index in [1.54, 1.807) is 12.1 Å². The van der Waals surface area contributed by atoms with Crippen molar-refractivity contribution in [3.63, 3.8) is 0 Å². The van der Waals surface area contributed by atoms with Gasteiger partial charge in [0.15, 0.2) is 51.8 Å². The highest BCUT2D eigenvalue weighted by Crippen LogP contribution is 2.41. The summed E-state index contributed by atoms with van der Waals surface area (Å²) < 4.78 is 109. The van der Waals surface area contributed by atoms with Crippen molar-refractivity contribution in [3.8, 4) is 28.7 Å². The van der Waals surface area contributed by atoms with E-state index in [1.807, 2.05) is 48.5 Å². The maximum Gasteiger partial charge on any atom is 0.344 e. The molecule has 3 aromatic carbocycles. The second kappa shape index (κ2) is 23.5. The van der Waals surface area contributed by atoms with Crippen LogP contribution in [0, 0.1) is 42.9 Å². The molecule has 5 N–H and O–H groups in total. The van der Waals surface area contributed by atoms with Gasteiger partial charge in [0.2, 0.25) is 34.8 Å². The zero-order valence-corrected chi connectivity index (χ0v) is 46.2. The molecule has 13 nitrogen and oxygen atoms in total. The van der Waals surface area contributed by atoms with Crippen LogP contribution in [0.3, 0.4) is 0 Å². The summed E-state index contributed by atoms with van der Waals surface area (Å²) in [4.78, 5) is 25.1. The molecule has 390 valence electrons. The van der Waals surface area contributed by atoms with Crippen LogP contribution in [0.4, 0.5) is 22.0 Å². The van der Waals surface area contributed by atoms with Crippen molar-refractivity contribution in [2.24, 2.45) is 5.84 Å². The first-order chi connectivity index (χ1) is 30.9. The summed E-state index contributed by atoms with van der Waals surface area (Å²) in [6.45, 7) is 38.3. The van der Waals surface area contributed by atoms with Gasteiger partial charge < -0.3 is 32.5 Å². The number of halogens is 6. The number of nitrogens with one attached hydrogen (secondary N) is 3. The van der Waals surface area contributed by atoms with Crippen molar-refractivity contribution in [2.45, 2.75) is 156 Å². The van der Waals surface area contributed by atoms with E-state index in [1.165, 1.54) is 19.1 Å². The first-order valence-corrected chi connectivity index (χ1v) is 28.2. The Labute approximate surface area is 413 Å². The Balaban J connectivity index is 0.000000424. The molecule has 0 unspecified atom stereocenters. The molecule has 5 rings (SSSR count). The molecule has 1 amide bonds. The summed E-state index contributed by atoms with van der Waals surface area (Å²) in [5, 5.41) is 0.124. The normalized spacial score (nSPS) is 15.9. The Morgan fingerprint density at radius 1 is 0.638 bits per heavy atom. The Bertz CT molecular complexity index is 2250. The van der Waals surface area contributed by atoms with Crippen LogP contribution in [0.15, 0.2) is 24.3 Å². The van der Waals surface area contributed by atoms with Crippen LogP contribution in [0.1, 0.15) is 115 Å². The Morgan fingerprint density at radius 2 is 1.00 bits per heavy atom. The average molecular weight is 1040 g/mol. The summed E-state index contributed by atoms with van der Waals surface area (Å²) in [6.07, 6.45) is -0.673. The van der Waals surface area contributed by atoms with Crippen molar-refractivity contribution in [1.29, 1.82) is 0 Å². The molecule has 0 bridgehead atoms. The van der Waals surface area contributed by atoms with Gasteiger partial charge in [0, 0.05) is 27.8 Å². The second-order valence-electron chi connectivity index (χ2n) is 21.9. The zero-order valence-electron chi connectivity index (χ0n) is 43.3. The molecule has 2 heterocycles. The van der Waals surface area contributed by atoms with Crippen LogP contribution in [-0.4, -0.2) is 78.2 Å². The van der Waals surface area contributed by atoms with Gasteiger partial charge in [-0.2, -0.15) is 8.78 Å². The van der Waals surface area contributed by atoms with Gasteiger partial charge in [0.1, 0.15) is 13.2 Å². The van der Waals surface area contributed by atoms with Crippen LogP contribution in [0.25, 0.3) is 0 Å². The van der Waals surface area contributed by atoms with Crippen LogP contribution >= 0.6 is 12.4 Å². The summed E-state index contributed by atoms with van der Waals surface area (Å²) in [6, 6.07) is 6.20. The summed E-state index contributed by atoms with van der Waals surface area (Å²) in [5.41, 5.74) is 9.55. The molecule has 21 heteroatoms. The predicted octanol–water partition coefficient (Wildman–Crippen LogP) is 10.9. The van der Waals surface area contributed by atoms with Gasteiger partial charge in [0.25, 0.3) is 5.91 Å². The lowest BCUT2D eigenvalue weighted by Crippen LogP contribution is -2.49. The van der Waals surface area contributed by atoms with E-state index < -0.39 is 63.5 Å². The van der Waals surface area contributed by atoms with E-state index in [4.69, 9.17) is 33.6 Å². The van der Waals surface area contributed by atoms with Crippen LogP contribution in [0.5, 0.6) is 28.7 Å². The molecule has 69 heavy (non-hydrogen) atoms. The van der Waals surface area contributed by atoms with E-state index in [2.05, 4.69) is 88.7 Å². The minimum absolute atomic E-state index is 0. The number of esters is 1. The summed E-state index contributed by atoms with van der Waals surface area (Å²) >= 11 is 0. The third-order valence-electron chi connectivity index (χ3n) is 11.8. The molecule has 0 spiro atoms. The molecule has 0 fully saturated rings. The quantitative estimate of drug-likeness (QED) is 0.0223. The molecule has 2 aliphatic rings. The van der Waals surface area contributed by atoms with Crippen molar-refractivity contribution in [3.05, 3.63) is 75.6 Å². The molecule has 0 aliphatic carbocycles. The highest BCUT2D eigenvalue weighted by molar-refractivity contribution is 6.74. The lowest BCUT2D eigenvalue weighted by molar-refractivity contribution is 0.0481. The minimum atomic E-state index is -2.35. The number of amides is 1. The van der Waals surface area contributed by atoms with Crippen molar-refractivity contribution in [1.82, 2.24) is 16.3 Å². The van der Waals surface area contributed by atoms with Crippen molar-refractivity contribution >= 4 is 40.9 Å². The smallest absolute Gasteiger partial charge is 0.344 e. The number of hydrogen-bond acceptors (Lipinski definition) is 12. The number of nitrogens with two attached hydrogens (primary N) is 1. The van der Waals surface area contributed by atoms with E-state index in [0.29, 0.717) is 36.0 Å². The lowest BCUT2D eigenvalue weighted by atomic mass is 10.1. The van der Waals surface area contributed by atoms with Crippen LogP contribution < -0.4 is 45.8 Å². The van der Waals surface area contributed by atoms with Gasteiger partial charge >= 0.3 is 5.97 Å². The highest BCUT2D eigenvalue weighted by atomic mass is 35.5. The number of hydrazine groups is 2. The average Bonchev–Trinajstić information content (AvgIpc) is 3.23. The Kier molecular flexibility index (Phi) is 20.8. The number of fused-ring (bicyclic) bond motifs is 2. The maximum absolute atomic E-state index is 13.9. The fraction of sp³-hybridized carbons (Fsp3) is 0.583. The third-order valence-corrected chi connectivity index (χ3v) is 20.8. The molecular formula is C48H74ClF5N4O9Si2. The van der Waals surface area contributed by atoms with Crippen LogP contribution in [-0.2, 0) is 8.85 Å². The molecule has 3 aromatic rings. The van der Waals surface area contributed by atoms with Crippen molar-refractivity contribution < 1.29 is 64.1 Å². The molecular weight excluding hydrogens is 963 g/mol. The maximum atomic E-state index is 13.9. The topological polar surface area (TPSA) is 161 Å². The monoisotopic (exact) mass is 1040 g/mol. The first kappa shape index (κ1) is 61.1. The Morgan fingerprint density at radius 3 is 1.36 bits per heavy atom. The molecule has 2 aliphatic heterocycles. The summed E-state index contributed by atoms with van der Waals surface area (Å²) in [7, 11) is -3.92. The van der Waals surface area contributed by atoms with Gasteiger partial charge in [-0.15, -0.1) is 12.4 Å². The van der Waals surface area contributed by atoms with E-state index in [0.717, 1.165) is 5.56 Å². The number of carbonyl (C=O) groups excluding carboxylic acids is 2. The largest absolute Gasteiger partial charge is 0.486 e. The number of rotatable bonds is 10. The van der Waals surface area contributed by atoms with Gasteiger partial charge in [-0.1, -0.05) is 41.5 Å². The van der Waals surface area contributed by atoms with Gasteiger partial charge in [-0.3, -0.25) is 21.5 Å². The predicted molar refractivity (Wildman–Crippen MR) is 264 cm³/mol. The molecule has 0 aromatic heterocycles. The standard InChI is InChI=1S/C23H25F5O5Si.C21H36N2O4Si.C4H12N2.ClH/c1-11-13(22(29)33-21-18(27)16(25)15(24)17(26)19(21)28)7-8-14-20(11)32-12(9-30-14)10-31-34(5,6)23(2,3)4;1-14-16(19(24)22-23-20(2,3)4)10-11-17-18(14)27-15(12-25-17)13-26-28(8,9)21(5,6)7;1-4(2,3)6-5;/h7-8,12H,9-10H2,1-6H3;10-11,15,23H,12-13H2,1-9H3,(H,22,24);6H,5H2,1-3H3;1H/t12-;15-;;/m11../s1. The van der Waals surface area contributed by atoms with Gasteiger partial charge in [-0.05, 0) is 116 Å². The fourth-order valence-corrected chi connectivity index (χ4v) is 7.49. The molecule has 0 saturated heterocycles. The van der Waals surface area contributed by atoms with Gasteiger partial charge in [0.05, 0.1) is 18.8 Å². The fourth-order valence-electron chi connectivity index (χ4n) is 5.42. The van der Waals surface area contributed by atoms with Gasteiger partial charge in [-0.25, -0.2) is 23.4 Å². The number of benzene rings is 3. The number of hydrogen-bond donors (Lipinski definition) is 4. The number of carbonyl (C=O) groups is 2. The Hall–Kier alpha value is -4.03. The second-order valence-corrected chi connectivity index (χ2v) is 31.5. The SMILES string of the molecule is CC(C)(C)NN.Cc1c(C(=O)NNC(C)(C)C)ccc2c1O[C@@H](CO[Si](C)(C)C(C)(C)C)CO2.Cc1c(C(=O)Oc2c(F)c(F)c(F)c(F)c2F)ccc2c1O[C@@H](CO[Si](C)(C)C(C)(C)C)CO2.Cl. The van der Waals surface area contributed by atoms with E-state index in [-0.39, 0.29) is 75.7 Å². The van der Waals surface area contributed by atoms with Crippen molar-refractivity contribution in [2.75, 3.05) is 26.4 Å². The summed E-state index contributed by atoms with van der Waals surface area (Å²) in [5.74, 6) is -7.62. The zero-order chi connectivity index (χ0) is 52.1.